The van der Waals surface area contributed by atoms with Crippen LogP contribution < -0.4 is 16.2 Å². The first-order valence-electron chi connectivity index (χ1n) is 8.51. The van der Waals surface area contributed by atoms with Crippen LogP contribution >= 0.6 is 12.2 Å². The van der Waals surface area contributed by atoms with Crippen molar-refractivity contribution in [1.82, 2.24) is 10.9 Å². The van der Waals surface area contributed by atoms with Crippen LogP contribution in [0.2, 0.25) is 0 Å². The Bertz CT molecular complexity index is 731. The van der Waals surface area contributed by atoms with Crippen LogP contribution in [0.25, 0.3) is 0 Å². The molecule has 0 aliphatic rings. The molecule has 3 N–H and O–H groups in total. The van der Waals surface area contributed by atoms with E-state index >= 15 is 0 Å². The highest BCUT2D eigenvalue weighted by molar-refractivity contribution is 7.80. The van der Waals surface area contributed by atoms with Gasteiger partial charge in [-0.2, -0.15) is 0 Å². The van der Waals surface area contributed by atoms with Crippen molar-refractivity contribution in [3.63, 3.8) is 0 Å². The number of thiocarbonyl (C=S) groups is 1. The lowest BCUT2D eigenvalue weighted by molar-refractivity contribution is -0.123. The summed E-state index contributed by atoms with van der Waals surface area (Å²) in [7, 11) is 0. The summed E-state index contributed by atoms with van der Waals surface area (Å²) in [6, 6.07) is 15.8. The van der Waals surface area contributed by atoms with Gasteiger partial charge in [-0.3, -0.25) is 15.6 Å². The molecule has 0 fully saturated rings. The average Bonchev–Trinajstić information content (AvgIpc) is 2.62. The molecule has 0 bridgehead atoms. The fraction of sp³-hybridized carbons (Fsp3) is 0.300. The van der Waals surface area contributed by atoms with Crippen LogP contribution in [-0.4, -0.2) is 11.0 Å². The molecule has 0 saturated heterocycles. The van der Waals surface area contributed by atoms with Crippen LogP contribution in [0.3, 0.4) is 0 Å². The maximum Gasteiger partial charge on any atom is 0.245 e. The van der Waals surface area contributed by atoms with E-state index in [2.05, 4.69) is 23.1 Å². The van der Waals surface area contributed by atoms with Gasteiger partial charge in [-0.05, 0) is 55.2 Å². The Morgan fingerprint density at radius 1 is 1.04 bits per heavy atom. The second-order valence-corrected chi connectivity index (χ2v) is 6.48. The van der Waals surface area contributed by atoms with Crippen molar-refractivity contribution < 1.29 is 4.79 Å². The number of carbonyl (C=O) groups excluding carboxylic acids is 1. The summed E-state index contributed by atoms with van der Waals surface area (Å²) >= 11 is 5.29. The van der Waals surface area contributed by atoms with Gasteiger partial charge in [0.25, 0.3) is 0 Å². The molecule has 0 heterocycles. The van der Waals surface area contributed by atoms with Crippen LogP contribution in [0, 0.1) is 13.8 Å². The van der Waals surface area contributed by atoms with Gasteiger partial charge in [0.15, 0.2) is 5.11 Å². The summed E-state index contributed by atoms with van der Waals surface area (Å²) in [6.45, 7) is 6.16. The minimum Gasteiger partial charge on any atom is -0.331 e. The van der Waals surface area contributed by atoms with E-state index in [-0.39, 0.29) is 11.8 Å². The number of aryl methyl sites for hydroxylation is 1. The Morgan fingerprint density at radius 2 is 1.76 bits per heavy atom. The Hall–Kier alpha value is -2.40. The van der Waals surface area contributed by atoms with Gasteiger partial charge in [0.2, 0.25) is 5.91 Å². The first kappa shape index (κ1) is 18.9. The molecule has 0 radical (unpaired) electrons. The number of anilines is 1. The number of benzene rings is 2. The second kappa shape index (κ2) is 9.18. The first-order valence-corrected chi connectivity index (χ1v) is 8.91. The highest BCUT2D eigenvalue weighted by atomic mass is 32.1. The zero-order valence-corrected chi connectivity index (χ0v) is 15.7. The van der Waals surface area contributed by atoms with E-state index in [1.165, 1.54) is 5.56 Å². The molecule has 4 nitrogen and oxygen atoms in total. The lowest BCUT2D eigenvalue weighted by atomic mass is 9.94. The normalized spacial score (nSPS) is 11.5. The van der Waals surface area contributed by atoms with Gasteiger partial charge in [-0.15, -0.1) is 0 Å². The summed E-state index contributed by atoms with van der Waals surface area (Å²) in [4.78, 5) is 12.6. The molecule has 132 valence electrons. The fourth-order valence-electron chi connectivity index (χ4n) is 2.67. The molecule has 1 amide bonds. The topological polar surface area (TPSA) is 53.2 Å². The fourth-order valence-corrected chi connectivity index (χ4v) is 2.83. The lowest BCUT2D eigenvalue weighted by Crippen LogP contribution is -2.45. The predicted octanol–water partition coefficient (Wildman–Crippen LogP) is 4.20. The smallest absolute Gasteiger partial charge is 0.245 e. The number of nitrogens with one attached hydrogen (secondary N) is 3. The zero-order chi connectivity index (χ0) is 18.2. The van der Waals surface area contributed by atoms with Crippen LogP contribution in [0.4, 0.5) is 5.69 Å². The number of rotatable bonds is 5. The van der Waals surface area contributed by atoms with Gasteiger partial charge in [-0.1, -0.05) is 55.8 Å². The highest BCUT2D eigenvalue weighted by Gasteiger charge is 2.19. The summed E-state index contributed by atoms with van der Waals surface area (Å²) in [5.41, 5.74) is 9.79. The number of hydrogen-bond acceptors (Lipinski definition) is 2. The molecule has 0 aromatic heterocycles. The van der Waals surface area contributed by atoms with E-state index in [9.17, 15) is 4.79 Å². The Balaban J connectivity index is 1.95. The first-order chi connectivity index (χ1) is 12.0. The molecule has 0 saturated carbocycles. The quantitative estimate of drug-likeness (QED) is 0.556. The van der Waals surface area contributed by atoms with Gasteiger partial charge in [-0.25, -0.2) is 0 Å². The highest BCUT2D eigenvalue weighted by Crippen LogP contribution is 2.21. The van der Waals surface area contributed by atoms with Crippen molar-refractivity contribution in [3.05, 3.63) is 65.2 Å². The summed E-state index contributed by atoms with van der Waals surface area (Å²) < 4.78 is 0. The second-order valence-electron chi connectivity index (χ2n) is 6.07. The van der Waals surface area contributed by atoms with Crippen molar-refractivity contribution in [2.45, 2.75) is 39.5 Å². The molecule has 5 heteroatoms. The predicted molar refractivity (Wildman–Crippen MR) is 108 cm³/mol. The van der Waals surface area contributed by atoms with Gasteiger partial charge < -0.3 is 5.32 Å². The maximum absolute atomic E-state index is 12.6. The Labute approximate surface area is 155 Å². The van der Waals surface area contributed by atoms with E-state index < -0.39 is 0 Å². The Kier molecular flexibility index (Phi) is 6.95. The average molecular weight is 356 g/mol. The monoisotopic (exact) mass is 355 g/mol. The van der Waals surface area contributed by atoms with E-state index in [1.807, 2.05) is 62.4 Å². The molecule has 25 heavy (non-hydrogen) atoms. The van der Waals surface area contributed by atoms with Crippen LogP contribution in [0.15, 0.2) is 48.5 Å². The van der Waals surface area contributed by atoms with E-state index in [4.69, 9.17) is 12.2 Å². The zero-order valence-electron chi connectivity index (χ0n) is 14.9. The number of carbonyl (C=O) groups is 1. The molecule has 2 aromatic rings. The van der Waals surface area contributed by atoms with E-state index in [1.54, 1.807) is 0 Å². The van der Waals surface area contributed by atoms with Crippen molar-refractivity contribution in [2.24, 2.45) is 0 Å². The number of hydrogen-bond donors (Lipinski definition) is 3. The van der Waals surface area contributed by atoms with Gasteiger partial charge in [0.1, 0.15) is 0 Å². The minimum absolute atomic E-state index is 0.0850. The third-order valence-corrected chi connectivity index (χ3v) is 4.45. The molecule has 1 atom stereocenters. The van der Waals surface area contributed by atoms with Crippen molar-refractivity contribution in [2.75, 3.05) is 5.32 Å². The summed E-state index contributed by atoms with van der Waals surface area (Å²) in [5.74, 6) is -0.277. The molecule has 2 rings (SSSR count). The molecule has 1 unspecified atom stereocenters. The standard InChI is InChI=1S/C20H25N3OS/c1-4-9-17(16-11-6-5-7-12-16)19(24)22-23-20(25)21-18-13-8-10-14(2)15(18)3/h5-8,10-13,17H,4,9H2,1-3H3,(H,22,24)(H2,21,23,25). The SMILES string of the molecule is CCCC(C(=O)NNC(=S)Nc1cccc(C)c1C)c1ccccc1. The van der Waals surface area contributed by atoms with Crippen molar-refractivity contribution in [3.8, 4) is 0 Å². The van der Waals surface area contributed by atoms with Crippen LogP contribution in [0.1, 0.15) is 42.4 Å². The van der Waals surface area contributed by atoms with E-state index in [0.717, 1.165) is 29.7 Å². The maximum atomic E-state index is 12.6. The minimum atomic E-state index is -0.192. The van der Waals surface area contributed by atoms with Gasteiger partial charge >= 0.3 is 0 Å². The Morgan fingerprint density at radius 3 is 2.44 bits per heavy atom. The molecular formula is C20H25N3OS. The van der Waals surface area contributed by atoms with Gasteiger partial charge in [0, 0.05) is 5.69 Å². The van der Waals surface area contributed by atoms with E-state index in [0.29, 0.717) is 5.11 Å². The summed E-state index contributed by atoms with van der Waals surface area (Å²) in [5, 5.41) is 3.49. The molecule has 0 aliphatic heterocycles. The van der Waals surface area contributed by atoms with Gasteiger partial charge in [0.05, 0.1) is 5.92 Å². The van der Waals surface area contributed by atoms with Crippen LogP contribution in [0.5, 0.6) is 0 Å². The number of hydrazine groups is 1. The lowest BCUT2D eigenvalue weighted by Gasteiger charge is -2.19. The molecule has 2 aromatic carbocycles. The van der Waals surface area contributed by atoms with Crippen molar-refractivity contribution in [1.29, 1.82) is 0 Å². The largest absolute Gasteiger partial charge is 0.331 e. The molecule has 0 spiro atoms. The molecule has 0 aliphatic carbocycles. The molecular weight excluding hydrogens is 330 g/mol. The number of amides is 1. The summed E-state index contributed by atoms with van der Waals surface area (Å²) in [6.07, 6.45) is 1.72. The third-order valence-electron chi connectivity index (χ3n) is 4.25. The third kappa shape index (κ3) is 5.29. The van der Waals surface area contributed by atoms with Crippen LogP contribution in [-0.2, 0) is 4.79 Å². The van der Waals surface area contributed by atoms with Crippen molar-refractivity contribution >= 4 is 28.9 Å².